The molecule has 0 radical (unpaired) electrons. The van der Waals surface area contributed by atoms with E-state index in [1.807, 2.05) is 30.3 Å². The molecule has 3 amide bonds. The summed E-state index contributed by atoms with van der Waals surface area (Å²) in [5.74, 6) is -0.137. The van der Waals surface area contributed by atoms with Crippen molar-refractivity contribution >= 4 is 34.5 Å². The Morgan fingerprint density at radius 3 is 2.54 bits per heavy atom. The average molecular weight is 370 g/mol. The highest BCUT2D eigenvalue weighted by atomic mass is 32.2. The summed E-state index contributed by atoms with van der Waals surface area (Å²) < 4.78 is 5.19. The van der Waals surface area contributed by atoms with Gasteiger partial charge in [0.05, 0.1) is 19.3 Å². The van der Waals surface area contributed by atoms with E-state index in [1.54, 1.807) is 24.3 Å². The summed E-state index contributed by atoms with van der Waals surface area (Å²) in [6.45, 7) is 0.218. The molecule has 0 bridgehead atoms. The zero-order valence-corrected chi connectivity index (χ0v) is 15.0. The number of thioether (sulfide) groups is 1. The number of para-hydroxylation sites is 2. The van der Waals surface area contributed by atoms with Crippen LogP contribution in [0.15, 0.2) is 54.6 Å². The SMILES string of the molecule is COc1ccccc1NC(=O)C[C@@H]1SC(=O)N(Cc2ccccc2)C1=O. The van der Waals surface area contributed by atoms with Crippen molar-refractivity contribution in [2.45, 2.75) is 18.2 Å². The van der Waals surface area contributed by atoms with Crippen molar-refractivity contribution in [3.8, 4) is 5.75 Å². The van der Waals surface area contributed by atoms with E-state index in [0.717, 1.165) is 17.3 Å². The fourth-order valence-corrected chi connectivity index (χ4v) is 3.64. The van der Waals surface area contributed by atoms with Crippen LogP contribution in [0, 0.1) is 0 Å². The highest BCUT2D eigenvalue weighted by molar-refractivity contribution is 8.15. The van der Waals surface area contributed by atoms with Crippen LogP contribution < -0.4 is 10.1 Å². The maximum Gasteiger partial charge on any atom is 0.289 e. The zero-order valence-electron chi connectivity index (χ0n) is 14.2. The summed E-state index contributed by atoms with van der Waals surface area (Å²) in [4.78, 5) is 38.2. The van der Waals surface area contributed by atoms with Gasteiger partial charge >= 0.3 is 0 Å². The van der Waals surface area contributed by atoms with Gasteiger partial charge in [0, 0.05) is 6.42 Å². The highest BCUT2D eigenvalue weighted by Gasteiger charge is 2.40. The first kappa shape index (κ1) is 18.0. The van der Waals surface area contributed by atoms with Crippen LogP contribution in [0.4, 0.5) is 10.5 Å². The average Bonchev–Trinajstić information content (AvgIpc) is 2.90. The van der Waals surface area contributed by atoms with Gasteiger partial charge in [0.2, 0.25) is 11.8 Å². The van der Waals surface area contributed by atoms with Crippen LogP contribution in [0.2, 0.25) is 0 Å². The number of nitrogens with one attached hydrogen (secondary N) is 1. The molecule has 0 saturated carbocycles. The lowest BCUT2D eigenvalue weighted by atomic mass is 10.2. The molecule has 0 aromatic heterocycles. The molecule has 1 aliphatic rings. The van der Waals surface area contributed by atoms with Crippen molar-refractivity contribution in [1.29, 1.82) is 0 Å². The third kappa shape index (κ3) is 4.05. The lowest BCUT2D eigenvalue weighted by molar-refractivity contribution is -0.129. The number of imide groups is 1. The van der Waals surface area contributed by atoms with Gasteiger partial charge in [-0.25, -0.2) is 0 Å². The molecule has 2 aromatic rings. The second-order valence-corrected chi connectivity index (χ2v) is 6.89. The first-order valence-electron chi connectivity index (χ1n) is 8.07. The number of benzene rings is 2. The van der Waals surface area contributed by atoms with Gasteiger partial charge in [0.1, 0.15) is 11.0 Å². The number of anilines is 1. The normalized spacial score (nSPS) is 16.7. The first-order valence-corrected chi connectivity index (χ1v) is 8.95. The molecular weight excluding hydrogens is 352 g/mol. The van der Waals surface area contributed by atoms with Crippen LogP contribution in [0.5, 0.6) is 5.75 Å². The number of amides is 3. The summed E-state index contributed by atoms with van der Waals surface area (Å²) in [5, 5.41) is 1.70. The quantitative estimate of drug-likeness (QED) is 0.844. The molecule has 26 heavy (non-hydrogen) atoms. The number of hydrogen-bond donors (Lipinski definition) is 1. The second kappa shape index (κ2) is 8.05. The number of ether oxygens (including phenoxy) is 1. The van der Waals surface area contributed by atoms with E-state index in [9.17, 15) is 14.4 Å². The third-order valence-corrected chi connectivity index (χ3v) is 5.02. The van der Waals surface area contributed by atoms with Gasteiger partial charge in [-0.2, -0.15) is 0 Å². The van der Waals surface area contributed by atoms with Gasteiger partial charge in [0.15, 0.2) is 0 Å². The van der Waals surface area contributed by atoms with Crippen LogP contribution in [-0.2, 0) is 16.1 Å². The molecule has 1 fully saturated rings. The molecule has 1 atom stereocenters. The number of carbonyl (C=O) groups is 3. The van der Waals surface area contributed by atoms with Gasteiger partial charge in [-0.3, -0.25) is 19.3 Å². The molecule has 134 valence electrons. The molecule has 1 heterocycles. The van der Waals surface area contributed by atoms with E-state index in [-0.39, 0.29) is 30.0 Å². The highest BCUT2D eigenvalue weighted by Crippen LogP contribution is 2.31. The topological polar surface area (TPSA) is 75.7 Å². The van der Waals surface area contributed by atoms with Crippen LogP contribution in [-0.4, -0.2) is 34.3 Å². The predicted molar refractivity (Wildman–Crippen MR) is 100 cm³/mol. The van der Waals surface area contributed by atoms with Gasteiger partial charge in [-0.05, 0) is 17.7 Å². The van der Waals surface area contributed by atoms with Gasteiger partial charge < -0.3 is 10.1 Å². The smallest absolute Gasteiger partial charge is 0.289 e. The van der Waals surface area contributed by atoms with Crippen LogP contribution >= 0.6 is 11.8 Å². The maximum atomic E-state index is 12.5. The number of rotatable bonds is 6. The standard InChI is InChI=1S/C19H18N2O4S/c1-25-15-10-6-5-9-14(15)20-17(22)11-16-18(23)21(19(24)26-16)12-13-7-3-2-4-8-13/h2-10,16H,11-12H2,1H3,(H,20,22)/t16-/m0/s1. The minimum absolute atomic E-state index is 0.0709. The van der Waals surface area contributed by atoms with Crippen molar-refractivity contribution in [3.05, 3.63) is 60.2 Å². The summed E-state index contributed by atoms with van der Waals surface area (Å²) in [6.07, 6.45) is -0.0709. The van der Waals surface area contributed by atoms with Crippen molar-refractivity contribution in [3.63, 3.8) is 0 Å². The Balaban J connectivity index is 1.62. The largest absolute Gasteiger partial charge is 0.495 e. The minimum Gasteiger partial charge on any atom is -0.495 e. The van der Waals surface area contributed by atoms with E-state index in [2.05, 4.69) is 5.32 Å². The van der Waals surface area contributed by atoms with E-state index in [1.165, 1.54) is 12.0 Å². The number of hydrogen-bond acceptors (Lipinski definition) is 5. The molecular formula is C19H18N2O4S. The Morgan fingerprint density at radius 2 is 1.81 bits per heavy atom. The monoisotopic (exact) mass is 370 g/mol. The molecule has 0 unspecified atom stereocenters. The molecule has 1 N–H and O–H groups in total. The predicted octanol–water partition coefficient (Wildman–Crippen LogP) is 3.29. The van der Waals surface area contributed by atoms with Crippen LogP contribution in [0.3, 0.4) is 0 Å². The fraction of sp³-hybridized carbons (Fsp3) is 0.211. The number of methoxy groups -OCH3 is 1. The molecule has 1 aliphatic heterocycles. The zero-order chi connectivity index (χ0) is 18.5. The molecule has 3 rings (SSSR count). The third-order valence-electron chi connectivity index (χ3n) is 3.94. The second-order valence-electron chi connectivity index (χ2n) is 5.73. The summed E-state index contributed by atoms with van der Waals surface area (Å²) in [6, 6.07) is 16.3. The molecule has 2 aromatic carbocycles. The summed E-state index contributed by atoms with van der Waals surface area (Å²) in [7, 11) is 1.52. The van der Waals surface area contributed by atoms with Crippen LogP contribution in [0.25, 0.3) is 0 Å². The molecule has 1 saturated heterocycles. The first-order chi connectivity index (χ1) is 12.6. The van der Waals surface area contributed by atoms with E-state index >= 15 is 0 Å². The maximum absolute atomic E-state index is 12.5. The lowest BCUT2D eigenvalue weighted by Gasteiger charge is -2.14. The van der Waals surface area contributed by atoms with Gasteiger partial charge in [-0.1, -0.05) is 54.2 Å². The molecule has 7 heteroatoms. The summed E-state index contributed by atoms with van der Waals surface area (Å²) in [5.41, 5.74) is 1.40. The molecule has 0 aliphatic carbocycles. The van der Waals surface area contributed by atoms with E-state index < -0.39 is 5.25 Å². The Bertz CT molecular complexity index is 825. The number of carbonyl (C=O) groups excluding carboxylic acids is 3. The number of nitrogens with zero attached hydrogens (tertiary/aromatic N) is 1. The Labute approximate surface area is 155 Å². The van der Waals surface area contributed by atoms with Crippen LogP contribution in [0.1, 0.15) is 12.0 Å². The van der Waals surface area contributed by atoms with Gasteiger partial charge in [-0.15, -0.1) is 0 Å². The fourth-order valence-electron chi connectivity index (χ4n) is 2.65. The molecule has 6 nitrogen and oxygen atoms in total. The van der Waals surface area contributed by atoms with Crippen molar-refractivity contribution < 1.29 is 19.1 Å². The van der Waals surface area contributed by atoms with E-state index in [4.69, 9.17) is 4.74 Å². The lowest BCUT2D eigenvalue weighted by Crippen LogP contribution is -2.32. The summed E-state index contributed by atoms with van der Waals surface area (Å²) >= 11 is 0.895. The van der Waals surface area contributed by atoms with Crippen molar-refractivity contribution in [1.82, 2.24) is 4.90 Å². The van der Waals surface area contributed by atoms with Gasteiger partial charge in [0.25, 0.3) is 5.24 Å². The Morgan fingerprint density at radius 1 is 1.12 bits per heavy atom. The molecule has 0 spiro atoms. The van der Waals surface area contributed by atoms with Crippen molar-refractivity contribution in [2.75, 3.05) is 12.4 Å². The Kier molecular flexibility index (Phi) is 5.58. The van der Waals surface area contributed by atoms with E-state index in [0.29, 0.717) is 11.4 Å². The minimum atomic E-state index is -0.707. The Hall–Kier alpha value is -2.80. The van der Waals surface area contributed by atoms with Crippen molar-refractivity contribution in [2.24, 2.45) is 0 Å².